The Bertz CT molecular complexity index is 383. The number of ether oxygens (including phenoxy) is 1. The topological polar surface area (TPSA) is 37.4 Å². The van der Waals surface area contributed by atoms with Crippen molar-refractivity contribution in [3.63, 3.8) is 0 Å². The first kappa shape index (κ1) is 14.3. The zero-order valence-electron chi connectivity index (χ0n) is 12.1. The summed E-state index contributed by atoms with van der Waals surface area (Å²) in [6.07, 6.45) is 5.72. The van der Waals surface area contributed by atoms with Crippen LogP contribution in [0.1, 0.15) is 31.7 Å². The number of pyridine rings is 1. The highest BCUT2D eigenvalue weighted by Crippen LogP contribution is 2.22. The highest BCUT2D eigenvalue weighted by atomic mass is 16.5. The summed E-state index contributed by atoms with van der Waals surface area (Å²) in [7, 11) is 1.80. The maximum Gasteiger partial charge on any atom is 0.133 e. The van der Waals surface area contributed by atoms with Crippen molar-refractivity contribution in [1.29, 1.82) is 0 Å². The molecule has 1 fully saturated rings. The molecule has 106 valence electrons. The quantitative estimate of drug-likeness (QED) is 0.798. The van der Waals surface area contributed by atoms with Crippen molar-refractivity contribution < 1.29 is 4.74 Å². The van der Waals surface area contributed by atoms with Gasteiger partial charge in [-0.15, -0.1) is 0 Å². The Morgan fingerprint density at radius 2 is 2.42 bits per heavy atom. The van der Waals surface area contributed by atoms with Crippen molar-refractivity contribution >= 4 is 5.82 Å². The molecule has 1 atom stereocenters. The molecule has 1 saturated heterocycles. The molecule has 19 heavy (non-hydrogen) atoms. The molecular formula is C15H25N3O. The van der Waals surface area contributed by atoms with Gasteiger partial charge in [-0.05, 0) is 31.9 Å². The van der Waals surface area contributed by atoms with E-state index in [9.17, 15) is 0 Å². The molecule has 0 bridgehead atoms. The van der Waals surface area contributed by atoms with Crippen LogP contribution >= 0.6 is 0 Å². The van der Waals surface area contributed by atoms with Crippen LogP contribution in [0.4, 0.5) is 5.82 Å². The van der Waals surface area contributed by atoms with Gasteiger partial charge in [-0.25, -0.2) is 4.98 Å². The van der Waals surface area contributed by atoms with E-state index in [2.05, 4.69) is 28.2 Å². The van der Waals surface area contributed by atoms with E-state index < -0.39 is 0 Å². The Morgan fingerprint density at radius 1 is 1.53 bits per heavy atom. The molecule has 1 aliphatic heterocycles. The van der Waals surface area contributed by atoms with Crippen LogP contribution in [0.15, 0.2) is 18.3 Å². The van der Waals surface area contributed by atoms with Crippen molar-refractivity contribution in [3.8, 4) is 0 Å². The average Bonchev–Trinajstić information content (AvgIpc) is 2.48. The van der Waals surface area contributed by atoms with Gasteiger partial charge in [-0.3, -0.25) is 0 Å². The second-order valence-electron chi connectivity index (χ2n) is 5.11. The Labute approximate surface area is 116 Å². The summed E-state index contributed by atoms with van der Waals surface area (Å²) in [4.78, 5) is 6.94. The van der Waals surface area contributed by atoms with Gasteiger partial charge < -0.3 is 15.0 Å². The van der Waals surface area contributed by atoms with Crippen molar-refractivity contribution in [3.05, 3.63) is 23.9 Å². The van der Waals surface area contributed by atoms with E-state index in [4.69, 9.17) is 4.74 Å². The normalized spacial score (nSPS) is 19.7. The Hall–Kier alpha value is -1.13. The van der Waals surface area contributed by atoms with Crippen molar-refractivity contribution in [1.82, 2.24) is 10.3 Å². The number of rotatable bonds is 6. The molecule has 4 heteroatoms. The number of aromatic nitrogens is 1. The van der Waals surface area contributed by atoms with Crippen LogP contribution in [0.5, 0.6) is 0 Å². The fourth-order valence-corrected chi connectivity index (χ4v) is 2.58. The van der Waals surface area contributed by atoms with E-state index in [0.717, 1.165) is 44.8 Å². The van der Waals surface area contributed by atoms with Gasteiger partial charge in [0, 0.05) is 38.5 Å². The minimum absolute atomic E-state index is 0.340. The van der Waals surface area contributed by atoms with E-state index in [1.54, 1.807) is 7.11 Å². The molecule has 1 N–H and O–H groups in total. The van der Waals surface area contributed by atoms with Gasteiger partial charge in [0.05, 0.1) is 6.10 Å². The monoisotopic (exact) mass is 263 g/mol. The zero-order chi connectivity index (χ0) is 13.5. The largest absolute Gasteiger partial charge is 0.380 e. The predicted molar refractivity (Wildman–Crippen MR) is 78.5 cm³/mol. The predicted octanol–water partition coefficient (Wildman–Crippen LogP) is 2.20. The van der Waals surface area contributed by atoms with Crippen molar-refractivity contribution in [2.45, 2.75) is 38.8 Å². The highest BCUT2D eigenvalue weighted by molar-refractivity contribution is 5.47. The fraction of sp³-hybridized carbons (Fsp3) is 0.667. The smallest absolute Gasteiger partial charge is 0.133 e. The van der Waals surface area contributed by atoms with Crippen LogP contribution in [-0.4, -0.2) is 37.8 Å². The minimum atomic E-state index is 0.340. The lowest BCUT2D eigenvalue weighted by Crippen LogP contribution is -2.40. The van der Waals surface area contributed by atoms with Gasteiger partial charge in [0.25, 0.3) is 0 Å². The SMILES string of the molecule is CCCNCc1cccnc1N1CCCC(OC)C1. The van der Waals surface area contributed by atoms with E-state index in [-0.39, 0.29) is 0 Å². The number of anilines is 1. The Kier molecular flexibility index (Phi) is 5.61. The van der Waals surface area contributed by atoms with Crippen molar-refractivity contribution in [2.24, 2.45) is 0 Å². The summed E-state index contributed by atoms with van der Waals surface area (Å²) in [6.45, 7) is 6.16. The maximum absolute atomic E-state index is 5.50. The summed E-state index contributed by atoms with van der Waals surface area (Å²) in [5.74, 6) is 1.12. The van der Waals surface area contributed by atoms with E-state index >= 15 is 0 Å². The van der Waals surface area contributed by atoms with Crippen LogP contribution in [0.3, 0.4) is 0 Å². The van der Waals surface area contributed by atoms with Gasteiger partial charge in [0.15, 0.2) is 0 Å². The molecule has 1 aliphatic rings. The van der Waals surface area contributed by atoms with Crippen LogP contribution < -0.4 is 10.2 Å². The van der Waals surface area contributed by atoms with Crippen molar-refractivity contribution in [2.75, 3.05) is 31.6 Å². The molecule has 1 unspecified atom stereocenters. The summed E-state index contributed by atoms with van der Waals surface area (Å²) in [5.41, 5.74) is 1.28. The van der Waals surface area contributed by atoms with Gasteiger partial charge in [-0.2, -0.15) is 0 Å². The van der Waals surface area contributed by atoms with Crippen LogP contribution in [0.2, 0.25) is 0 Å². The van der Waals surface area contributed by atoms with E-state index in [1.165, 1.54) is 12.0 Å². The lowest BCUT2D eigenvalue weighted by Gasteiger charge is -2.33. The fourth-order valence-electron chi connectivity index (χ4n) is 2.58. The number of hydrogen-bond acceptors (Lipinski definition) is 4. The van der Waals surface area contributed by atoms with Gasteiger partial charge in [0.1, 0.15) is 5.82 Å². The summed E-state index contributed by atoms with van der Waals surface area (Å²) in [5, 5.41) is 3.46. The molecule has 0 saturated carbocycles. The molecule has 0 aliphatic carbocycles. The van der Waals surface area contributed by atoms with Crippen LogP contribution in [-0.2, 0) is 11.3 Å². The first-order valence-electron chi connectivity index (χ1n) is 7.27. The third-order valence-corrected chi connectivity index (χ3v) is 3.62. The average molecular weight is 263 g/mol. The molecule has 0 aromatic carbocycles. The molecule has 1 aromatic heterocycles. The number of hydrogen-bond donors (Lipinski definition) is 1. The molecule has 4 nitrogen and oxygen atoms in total. The second kappa shape index (κ2) is 7.46. The minimum Gasteiger partial charge on any atom is -0.380 e. The highest BCUT2D eigenvalue weighted by Gasteiger charge is 2.21. The summed E-state index contributed by atoms with van der Waals surface area (Å²) < 4.78 is 5.50. The maximum atomic E-state index is 5.50. The first-order valence-corrected chi connectivity index (χ1v) is 7.27. The van der Waals surface area contributed by atoms with Gasteiger partial charge >= 0.3 is 0 Å². The number of nitrogens with one attached hydrogen (secondary N) is 1. The first-order chi connectivity index (χ1) is 9.35. The molecule has 2 rings (SSSR count). The van der Waals surface area contributed by atoms with E-state index in [1.807, 2.05) is 12.3 Å². The molecule has 0 spiro atoms. The second-order valence-corrected chi connectivity index (χ2v) is 5.11. The van der Waals surface area contributed by atoms with E-state index in [0.29, 0.717) is 6.10 Å². The molecule has 0 radical (unpaired) electrons. The Morgan fingerprint density at radius 3 is 3.21 bits per heavy atom. The summed E-state index contributed by atoms with van der Waals surface area (Å²) >= 11 is 0. The zero-order valence-corrected chi connectivity index (χ0v) is 12.1. The summed E-state index contributed by atoms with van der Waals surface area (Å²) in [6, 6.07) is 4.19. The molecular weight excluding hydrogens is 238 g/mol. The van der Waals surface area contributed by atoms with Gasteiger partial charge in [0.2, 0.25) is 0 Å². The van der Waals surface area contributed by atoms with Crippen LogP contribution in [0, 0.1) is 0 Å². The lowest BCUT2D eigenvalue weighted by molar-refractivity contribution is 0.0891. The molecule has 1 aromatic rings. The molecule has 2 heterocycles. The lowest BCUT2D eigenvalue weighted by atomic mass is 10.1. The standard InChI is InChI=1S/C15H25N3O/c1-3-8-16-11-13-6-4-9-17-15(13)18-10-5-7-14(12-18)19-2/h4,6,9,14,16H,3,5,7-8,10-12H2,1-2H3. The van der Waals surface area contributed by atoms with Crippen LogP contribution in [0.25, 0.3) is 0 Å². The third kappa shape index (κ3) is 3.91. The number of nitrogens with zero attached hydrogens (tertiary/aromatic N) is 2. The number of piperidine rings is 1. The molecule has 0 amide bonds. The van der Waals surface area contributed by atoms with Gasteiger partial charge in [-0.1, -0.05) is 13.0 Å². The third-order valence-electron chi connectivity index (χ3n) is 3.62. The Balaban J connectivity index is 2.05. The number of methoxy groups -OCH3 is 1.